The van der Waals surface area contributed by atoms with Gasteiger partial charge in [0.2, 0.25) is 0 Å². The molecule has 0 aliphatic heterocycles. The van der Waals surface area contributed by atoms with Crippen LogP contribution in [0.5, 0.6) is 0 Å². The first-order valence-electron chi connectivity index (χ1n) is 4.68. The number of unbranched alkanes of at least 4 members (excludes halogenated alkanes) is 1. The van der Waals surface area contributed by atoms with Gasteiger partial charge in [-0.15, -0.1) is 0 Å². The number of hydrogen-bond donors (Lipinski definition) is 0. The van der Waals surface area contributed by atoms with Crippen LogP contribution in [0, 0.1) is 12.8 Å². The van der Waals surface area contributed by atoms with E-state index in [1.54, 1.807) is 0 Å². The highest BCUT2D eigenvalue weighted by Gasteiger charge is 1.99. The molecule has 0 aromatic heterocycles. The van der Waals surface area contributed by atoms with Crippen molar-refractivity contribution in [1.29, 1.82) is 0 Å². The molecule has 0 saturated carbocycles. The van der Waals surface area contributed by atoms with Gasteiger partial charge in [0.15, 0.2) is 0 Å². The molecule has 0 fully saturated rings. The Morgan fingerprint density at radius 2 is 2.18 bits per heavy atom. The molecular formula is C10H21O. The molecule has 0 bridgehead atoms. The second kappa shape index (κ2) is 8.06. The first-order chi connectivity index (χ1) is 5.31. The minimum atomic E-state index is 0.724. The lowest BCUT2D eigenvalue weighted by Gasteiger charge is -2.10. The SMILES string of the molecule is [CH2]CCOCC(C)CCCC. The smallest absolute Gasteiger partial charge is 0.0491 e. The maximum atomic E-state index is 5.38. The summed E-state index contributed by atoms with van der Waals surface area (Å²) in [6.07, 6.45) is 4.81. The first-order valence-corrected chi connectivity index (χ1v) is 4.68. The molecule has 0 aliphatic carbocycles. The van der Waals surface area contributed by atoms with E-state index in [1.165, 1.54) is 19.3 Å². The molecule has 0 rings (SSSR count). The van der Waals surface area contributed by atoms with Gasteiger partial charge in [0.05, 0.1) is 0 Å². The van der Waals surface area contributed by atoms with Gasteiger partial charge in [-0.2, -0.15) is 0 Å². The van der Waals surface area contributed by atoms with Crippen LogP contribution in [-0.2, 0) is 4.74 Å². The van der Waals surface area contributed by atoms with E-state index in [-0.39, 0.29) is 0 Å². The van der Waals surface area contributed by atoms with Gasteiger partial charge < -0.3 is 4.74 Å². The largest absolute Gasteiger partial charge is 0.381 e. The van der Waals surface area contributed by atoms with E-state index in [2.05, 4.69) is 20.8 Å². The van der Waals surface area contributed by atoms with Crippen molar-refractivity contribution < 1.29 is 4.74 Å². The lowest BCUT2D eigenvalue weighted by atomic mass is 10.1. The molecule has 1 heteroatoms. The quantitative estimate of drug-likeness (QED) is 0.516. The molecule has 0 spiro atoms. The predicted molar refractivity (Wildman–Crippen MR) is 49.5 cm³/mol. The van der Waals surface area contributed by atoms with E-state index in [9.17, 15) is 0 Å². The molecule has 0 aliphatic rings. The van der Waals surface area contributed by atoms with Crippen molar-refractivity contribution in [2.75, 3.05) is 13.2 Å². The van der Waals surface area contributed by atoms with Crippen molar-refractivity contribution in [2.45, 2.75) is 39.5 Å². The van der Waals surface area contributed by atoms with E-state index in [0.717, 1.165) is 25.6 Å². The normalized spacial score (nSPS) is 13.4. The van der Waals surface area contributed by atoms with E-state index >= 15 is 0 Å². The highest BCUT2D eigenvalue weighted by Crippen LogP contribution is 2.07. The fraction of sp³-hybridized carbons (Fsp3) is 0.900. The summed E-state index contributed by atoms with van der Waals surface area (Å²) in [5, 5.41) is 0. The van der Waals surface area contributed by atoms with Crippen LogP contribution in [0.25, 0.3) is 0 Å². The second-order valence-electron chi connectivity index (χ2n) is 3.18. The van der Waals surface area contributed by atoms with Crippen LogP contribution < -0.4 is 0 Å². The molecule has 1 atom stereocenters. The third kappa shape index (κ3) is 7.86. The number of rotatable bonds is 7. The Labute approximate surface area is 71.1 Å². The van der Waals surface area contributed by atoms with Gasteiger partial charge in [-0.05, 0) is 18.8 Å². The Bertz CT molecular complexity index is 71.3. The molecular weight excluding hydrogens is 136 g/mol. The number of ether oxygens (including phenoxy) is 1. The Morgan fingerprint density at radius 1 is 1.45 bits per heavy atom. The van der Waals surface area contributed by atoms with Crippen LogP contribution >= 0.6 is 0 Å². The van der Waals surface area contributed by atoms with Gasteiger partial charge in [-0.1, -0.05) is 33.6 Å². The maximum Gasteiger partial charge on any atom is 0.0491 e. The summed E-state index contributed by atoms with van der Waals surface area (Å²) in [5.74, 6) is 0.724. The first kappa shape index (κ1) is 11.0. The van der Waals surface area contributed by atoms with Crippen molar-refractivity contribution in [3.63, 3.8) is 0 Å². The standard InChI is InChI=1S/C10H21O/c1-4-6-7-10(3)9-11-8-5-2/h10H,2,4-9H2,1,3H3. The minimum absolute atomic E-state index is 0.724. The fourth-order valence-corrected chi connectivity index (χ4v) is 1.02. The number of hydrogen-bond acceptors (Lipinski definition) is 1. The minimum Gasteiger partial charge on any atom is -0.381 e. The van der Waals surface area contributed by atoms with Gasteiger partial charge in [-0.3, -0.25) is 0 Å². The molecule has 1 unspecified atom stereocenters. The molecule has 1 radical (unpaired) electrons. The molecule has 0 aromatic rings. The van der Waals surface area contributed by atoms with Gasteiger partial charge in [0.25, 0.3) is 0 Å². The molecule has 0 amide bonds. The van der Waals surface area contributed by atoms with Crippen LogP contribution in [-0.4, -0.2) is 13.2 Å². The summed E-state index contributed by atoms with van der Waals surface area (Å²) < 4.78 is 5.38. The lowest BCUT2D eigenvalue weighted by Crippen LogP contribution is -2.06. The average Bonchev–Trinajstić information content (AvgIpc) is 2.01. The zero-order valence-electron chi connectivity index (χ0n) is 7.94. The van der Waals surface area contributed by atoms with Crippen molar-refractivity contribution in [3.05, 3.63) is 6.92 Å². The van der Waals surface area contributed by atoms with Crippen LogP contribution in [0.2, 0.25) is 0 Å². The third-order valence-electron chi connectivity index (χ3n) is 1.74. The zero-order chi connectivity index (χ0) is 8.53. The summed E-state index contributed by atoms with van der Waals surface area (Å²) in [6, 6.07) is 0. The van der Waals surface area contributed by atoms with Crippen molar-refractivity contribution in [3.8, 4) is 0 Å². The van der Waals surface area contributed by atoms with Crippen LogP contribution in [0.3, 0.4) is 0 Å². The summed E-state index contributed by atoms with van der Waals surface area (Å²) >= 11 is 0. The van der Waals surface area contributed by atoms with Gasteiger partial charge in [0.1, 0.15) is 0 Å². The van der Waals surface area contributed by atoms with Crippen LogP contribution in [0.15, 0.2) is 0 Å². The Hall–Kier alpha value is -0.0400. The summed E-state index contributed by atoms with van der Waals surface area (Å²) in [6.45, 7) is 9.92. The Morgan fingerprint density at radius 3 is 2.73 bits per heavy atom. The highest BCUT2D eigenvalue weighted by molar-refractivity contribution is 4.51. The fourth-order valence-electron chi connectivity index (χ4n) is 1.02. The second-order valence-corrected chi connectivity index (χ2v) is 3.18. The van der Waals surface area contributed by atoms with Crippen molar-refractivity contribution >= 4 is 0 Å². The Balaban J connectivity index is 3.02. The molecule has 67 valence electrons. The van der Waals surface area contributed by atoms with Gasteiger partial charge in [0, 0.05) is 13.2 Å². The summed E-state index contributed by atoms with van der Waals surface area (Å²) in [5.41, 5.74) is 0. The van der Waals surface area contributed by atoms with E-state index in [0.29, 0.717) is 0 Å². The monoisotopic (exact) mass is 157 g/mol. The van der Waals surface area contributed by atoms with Crippen molar-refractivity contribution in [1.82, 2.24) is 0 Å². The summed E-state index contributed by atoms with van der Waals surface area (Å²) in [7, 11) is 0. The van der Waals surface area contributed by atoms with Gasteiger partial charge in [-0.25, -0.2) is 0 Å². The molecule has 0 aromatic carbocycles. The molecule has 11 heavy (non-hydrogen) atoms. The van der Waals surface area contributed by atoms with E-state index in [4.69, 9.17) is 4.74 Å². The molecule has 0 N–H and O–H groups in total. The molecule has 0 heterocycles. The topological polar surface area (TPSA) is 9.23 Å². The van der Waals surface area contributed by atoms with E-state index in [1.807, 2.05) is 0 Å². The maximum absolute atomic E-state index is 5.38. The van der Waals surface area contributed by atoms with Crippen molar-refractivity contribution in [2.24, 2.45) is 5.92 Å². The van der Waals surface area contributed by atoms with E-state index < -0.39 is 0 Å². The van der Waals surface area contributed by atoms with Crippen LogP contribution in [0.4, 0.5) is 0 Å². The van der Waals surface area contributed by atoms with Gasteiger partial charge >= 0.3 is 0 Å². The third-order valence-corrected chi connectivity index (χ3v) is 1.74. The Kier molecular flexibility index (Phi) is 8.03. The summed E-state index contributed by atoms with van der Waals surface area (Å²) in [4.78, 5) is 0. The average molecular weight is 157 g/mol. The zero-order valence-corrected chi connectivity index (χ0v) is 7.94. The molecule has 1 nitrogen and oxygen atoms in total. The lowest BCUT2D eigenvalue weighted by molar-refractivity contribution is 0.105. The highest BCUT2D eigenvalue weighted by atomic mass is 16.5. The molecule has 0 saturated heterocycles. The van der Waals surface area contributed by atoms with Crippen LogP contribution in [0.1, 0.15) is 39.5 Å². The predicted octanol–water partition coefficient (Wildman–Crippen LogP) is 3.05.